The van der Waals surface area contributed by atoms with Crippen LogP contribution >= 0.6 is 23.2 Å². The average molecular weight is 275 g/mol. The normalized spacial score (nSPS) is 20.1. The van der Waals surface area contributed by atoms with Crippen molar-refractivity contribution in [3.05, 3.63) is 28.0 Å². The Hall–Kier alpha value is -0.350. The summed E-state index contributed by atoms with van der Waals surface area (Å²) < 4.78 is 5.60. The van der Waals surface area contributed by atoms with Gasteiger partial charge in [0.2, 0.25) is 0 Å². The molecule has 1 aromatic rings. The fourth-order valence-electron chi connectivity index (χ4n) is 2.04. The third kappa shape index (κ3) is 3.81. The minimum atomic E-state index is 0.360. The zero-order valence-electron chi connectivity index (χ0n) is 9.83. The fourth-order valence-corrected chi connectivity index (χ4v) is 2.47. The Morgan fingerprint density at radius 2 is 2.35 bits per heavy atom. The van der Waals surface area contributed by atoms with Crippen LogP contribution in [0.5, 0.6) is 0 Å². The Kier molecular flexibility index (Phi) is 4.62. The predicted molar refractivity (Wildman–Crippen MR) is 69.6 cm³/mol. The molecule has 0 N–H and O–H groups in total. The largest absolute Gasteiger partial charge is 0.377 e. The highest BCUT2D eigenvalue weighted by Gasteiger charge is 2.17. The van der Waals surface area contributed by atoms with E-state index in [9.17, 15) is 0 Å². The van der Waals surface area contributed by atoms with Crippen LogP contribution in [0.1, 0.15) is 18.4 Å². The number of pyridine rings is 1. The summed E-state index contributed by atoms with van der Waals surface area (Å²) in [5, 5.41) is 1.10. The molecule has 0 saturated carbocycles. The Balaban J connectivity index is 1.90. The van der Waals surface area contributed by atoms with Gasteiger partial charge in [-0.3, -0.25) is 4.90 Å². The molecule has 17 heavy (non-hydrogen) atoms. The molecule has 0 bridgehead atoms. The van der Waals surface area contributed by atoms with E-state index in [-0.39, 0.29) is 0 Å². The van der Waals surface area contributed by atoms with Crippen LogP contribution in [0.25, 0.3) is 0 Å². The first kappa shape index (κ1) is 13.1. The summed E-state index contributed by atoms with van der Waals surface area (Å²) in [6.07, 6.45) is 4.41. The highest BCUT2D eigenvalue weighted by atomic mass is 35.5. The second-order valence-electron chi connectivity index (χ2n) is 4.43. The van der Waals surface area contributed by atoms with Gasteiger partial charge in [-0.1, -0.05) is 23.2 Å². The first-order valence-electron chi connectivity index (χ1n) is 5.75. The lowest BCUT2D eigenvalue weighted by atomic mass is 10.2. The van der Waals surface area contributed by atoms with E-state index < -0.39 is 0 Å². The van der Waals surface area contributed by atoms with Crippen molar-refractivity contribution < 1.29 is 4.74 Å². The Morgan fingerprint density at radius 1 is 1.53 bits per heavy atom. The van der Waals surface area contributed by atoms with Crippen LogP contribution in [0.15, 0.2) is 12.3 Å². The van der Waals surface area contributed by atoms with E-state index in [1.165, 1.54) is 6.42 Å². The van der Waals surface area contributed by atoms with Crippen LogP contribution in [-0.4, -0.2) is 36.2 Å². The number of rotatable bonds is 4. The first-order valence-corrected chi connectivity index (χ1v) is 6.51. The van der Waals surface area contributed by atoms with Gasteiger partial charge in [-0.15, -0.1) is 0 Å². The van der Waals surface area contributed by atoms with E-state index in [0.29, 0.717) is 16.3 Å². The molecule has 0 spiro atoms. The molecule has 1 aromatic heterocycles. The van der Waals surface area contributed by atoms with Crippen molar-refractivity contribution in [3.8, 4) is 0 Å². The lowest BCUT2D eigenvalue weighted by Crippen LogP contribution is -2.28. The monoisotopic (exact) mass is 274 g/mol. The summed E-state index contributed by atoms with van der Waals surface area (Å²) in [6.45, 7) is 2.59. The van der Waals surface area contributed by atoms with Gasteiger partial charge in [0.1, 0.15) is 5.15 Å². The minimum Gasteiger partial charge on any atom is -0.377 e. The zero-order valence-corrected chi connectivity index (χ0v) is 11.3. The molecule has 0 aromatic carbocycles. The minimum absolute atomic E-state index is 0.360. The molecule has 3 nitrogen and oxygen atoms in total. The maximum Gasteiger partial charge on any atom is 0.130 e. The second-order valence-corrected chi connectivity index (χ2v) is 5.22. The van der Waals surface area contributed by atoms with Crippen LogP contribution in [0.4, 0.5) is 0 Å². The van der Waals surface area contributed by atoms with Gasteiger partial charge in [-0.2, -0.15) is 0 Å². The second kappa shape index (κ2) is 6.01. The van der Waals surface area contributed by atoms with Crippen molar-refractivity contribution in [3.63, 3.8) is 0 Å². The van der Waals surface area contributed by atoms with E-state index >= 15 is 0 Å². The molecule has 1 saturated heterocycles. The Morgan fingerprint density at radius 3 is 3.00 bits per heavy atom. The average Bonchev–Trinajstić information content (AvgIpc) is 2.75. The van der Waals surface area contributed by atoms with Crippen molar-refractivity contribution in [2.24, 2.45) is 0 Å². The molecule has 1 aliphatic heterocycles. The van der Waals surface area contributed by atoms with Crippen LogP contribution in [0.3, 0.4) is 0 Å². The molecule has 2 rings (SSSR count). The molecule has 1 unspecified atom stereocenters. The number of halogens is 2. The molecule has 94 valence electrons. The van der Waals surface area contributed by atoms with Crippen molar-refractivity contribution in [1.82, 2.24) is 9.88 Å². The molecular formula is C12H16Cl2N2O. The molecule has 0 aliphatic carbocycles. The van der Waals surface area contributed by atoms with E-state index in [1.807, 2.05) is 0 Å². The standard InChI is InChI=1S/C12H16Cl2N2O/c1-16(8-10-3-2-4-17-10)7-9-6-15-12(14)5-11(9)13/h5-6,10H,2-4,7-8H2,1H3. The number of ether oxygens (including phenoxy) is 1. The molecule has 5 heteroatoms. The number of aromatic nitrogens is 1. The third-order valence-corrected chi connectivity index (χ3v) is 3.43. The Labute approximate surface area is 112 Å². The summed E-state index contributed by atoms with van der Waals surface area (Å²) in [5.41, 5.74) is 0.997. The summed E-state index contributed by atoms with van der Waals surface area (Å²) in [4.78, 5) is 6.25. The first-order chi connectivity index (χ1) is 8.15. The van der Waals surface area contributed by atoms with Crippen LogP contribution < -0.4 is 0 Å². The lowest BCUT2D eigenvalue weighted by molar-refractivity contribution is 0.0793. The van der Waals surface area contributed by atoms with Crippen LogP contribution in [0, 0.1) is 0 Å². The molecule has 0 radical (unpaired) electrons. The topological polar surface area (TPSA) is 25.4 Å². The quantitative estimate of drug-likeness (QED) is 0.790. The fraction of sp³-hybridized carbons (Fsp3) is 0.583. The van der Waals surface area contributed by atoms with Gasteiger partial charge in [-0.25, -0.2) is 4.98 Å². The maximum atomic E-state index is 6.11. The lowest BCUT2D eigenvalue weighted by Gasteiger charge is -2.20. The number of likely N-dealkylation sites (N-methyl/N-ethyl adjacent to an activating group) is 1. The predicted octanol–water partition coefficient (Wildman–Crippen LogP) is 3.00. The van der Waals surface area contributed by atoms with Crippen molar-refractivity contribution in [1.29, 1.82) is 0 Å². The van der Waals surface area contributed by atoms with E-state index in [0.717, 1.165) is 31.7 Å². The van der Waals surface area contributed by atoms with Crippen molar-refractivity contribution >= 4 is 23.2 Å². The molecule has 1 aliphatic rings. The number of nitrogens with zero attached hydrogens (tertiary/aromatic N) is 2. The van der Waals surface area contributed by atoms with Gasteiger partial charge in [0.25, 0.3) is 0 Å². The van der Waals surface area contributed by atoms with Gasteiger partial charge >= 0.3 is 0 Å². The molecular weight excluding hydrogens is 259 g/mol. The summed E-state index contributed by atoms with van der Waals surface area (Å²) >= 11 is 11.9. The maximum absolute atomic E-state index is 6.11. The van der Waals surface area contributed by atoms with Crippen molar-refractivity contribution in [2.45, 2.75) is 25.5 Å². The summed E-state index contributed by atoms with van der Waals surface area (Å²) in [5.74, 6) is 0. The highest BCUT2D eigenvalue weighted by Crippen LogP contribution is 2.20. The smallest absolute Gasteiger partial charge is 0.130 e. The van der Waals surface area contributed by atoms with Gasteiger partial charge in [-0.05, 0) is 26.0 Å². The SMILES string of the molecule is CN(Cc1cnc(Cl)cc1Cl)CC1CCCO1. The van der Waals surface area contributed by atoms with Gasteiger partial charge in [0.05, 0.1) is 6.10 Å². The number of hydrogen-bond acceptors (Lipinski definition) is 3. The van der Waals surface area contributed by atoms with Crippen LogP contribution in [0.2, 0.25) is 10.2 Å². The summed E-state index contributed by atoms with van der Waals surface area (Å²) in [7, 11) is 2.06. The third-order valence-electron chi connectivity index (χ3n) is 2.88. The van der Waals surface area contributed by atoms with E-state index in [2.05, 4.69) is 16.9 Å². The van der Waals surface area contributed by atoms with Gasteiger partial charge < -0.3 is 4.74 Å². The molecule has 1 atom stereocenters. The highest BCUT2D eigenvalue weighted by molar-refractivity contribution is 6.34. The Bertz CT molecular complexity index is 381. The van der Waals surface area contributed by atoms with Crippen molar-refractivity contribution in [2.75, 3.05) is 20.2 Å². The van der Waals surface area contributed by atoms with E-state index in [1.54, 1.807) is 12.3 Å². The van der Waals surface area contributed by atoms with E-state index in [4.69, 9.17) is 27.9 Å². The summed E-state index contributed by atoms with van der Waals surface area (Å²) in [6, 6.07) is 1.68. The van der Waals surface area contributed by atoms with Gasteiger partial charge in [0, 0.05) is 36.5 Å². The van der Waals surface area contributed by atoms with Gasteiger partial charge in [0.15, 0.2) is 0 Å². The molecule has 0 amide bonds. The molecule has 1 fully saturated rings. The van der Waals surface area contributed by atoms with Crippen LogP contribution in [-0.2, 0) is 11.3 Å². The molecule has 2 heterocycles. The number of hydrogen-bond donors (Lipinski definition) is 0. The zero-order chi connectivity index (χ0) is 12.3.